The summed E-state index contributed by atoms with van der Waals surface area (Å²) in [5.41, 5.74) is 1.01. The van der Waals surface area contributed by atoms with E-state index in [2.05, 4.69) is 37.9 Å². The van der Waals surface area contributed by atoms with Gasteiger partial charge in [0.1, 0.15) is 11.6 Å². The summed E-state index contributed by atoms with van der Waals surface area (Å²) < 4.78 is 40.6. The van der Waals surface area contributed by atoms with Crippen molar-refractivity contribution < 1.29 is 13.2 Å². The Hall–Kier alpha value is -1.90. The van der Waals surface area contributed by atoms with Crippen molar-refractivity contribution in [3.05, 3.63) is 62.5 Å². The minimum Gasteiger partial charge on any atom is -0.363 e. The van der Waals surface area contributed by atoms with Gasteiger partial charge in [-0.25, -0.2) is 9.97 Å². The second-order valence-corrected chi connectivity index (χ2v) is 7.41. The number of alkyl halides is 3. The van der Waals surface area contributed by atoms with Crippen molar-refractivity contribution in [2.45, 2.75) is 33.0 Å². The molecule has 0 saturated heterocycles. The van der Waals surface area contributed by atoms with Gasteiger partial charge in [-0.1, -0.05) is 12.1 Å². The smallest absolute Gasteiger partial charge is 0.363 e. The molecule has 0 fully saturated rings. The van der Waals surface area contributed by atoms with Gasteiger partial charge in [0.2, 0.25) is 0 Å². The predicted octanol–water partition coefficient (Wildman–Crippen LogP) is 6.04. The largest absolute Gasteiger partial charge is 0.416 e. The van der Waals surface area contributed by atoms with Crippen LogP contribution in [0, 0.1) is 17.4 Å². The maximum absolute atomic E-state index is 13.2. The summed E-state index contributed by atoms with van der Waals surface area (Å²) in [7, 11) is 0. The van der Waals surface area contributed by atoms with E-state index < -0.39 is 11.7 Å². The van der Waals surface area contributed by atoms with Gasteiger partial charge < -0.3 is 5.32 Å². The Morgan fingerprint density at radius 3 is 2.50 bits per heavy atom. The second-order valence-electron chi connectivity index (χ2n) is 6.16. The molecule has 26 heavy (non-hydrogen) atoms. The van der Waals surface area contributed by atoms with Gasteiger partial charge >= 0.3 is 6.18 Å². The predicted molar refractivity (Wildman–Crippen MR) is 105 cm³/mol. The van der Waals surface area contributed by atoms with Crippen LogP contribution in [0.5, 0.6) is 0 Å². The summed E-state index contributed by atoms with van der Waals surface area (Å²) in [6.45, 7) is 5.13. The normalized spacial score (nSPS) is 13.0. The third kappa shape index (κ3) is 3.77. The Labute approximate surface area is 163 Å². The lowest BCUT2D eigenvalue weighted by molar-refractivity contribution is -0.138. The Morgan fingerprint density at radius 1 is 1.08 bits per heavy atom. The van der Waals surface area contributed by atoms with E-state index >= 15 is 0 Å². The Kier molecular flexibility index (Phi) is 5.09. The van der Waals surface area contributed by atoms with Gasteiger partial charge in [-0.05, 0) is 78.8 Å². The molecule has 0 aliphatic rings. The molecule has 0 aliphatic carbocycles. The van der Waals surface area contributed by atoms with E-state index in [0.717, 1.165) is 20.5 Å². The zero-order valence-corrected chi connectivity index (χ0v) is 16.6. The van der Waals surface area contributed by atoms with Crippen molar-refractivity contribution in [2.24, 2.45) is 0 Å². The highest BCUT2D eigenvalue weighted by Crippen LogP contribution is 2.35. The van der Waals surface area contributed by atoms with Crippen LogP contribution < -0.4 is 5.32 Å². The number of nitrogens with zero attached hydrogens (tertiary/aromatic N) is 2. The van der Waals surface area contributed by atoms with Crippen LogP contribution in [0.3, 0.4) is 0 Å². The van der Waals surface area contributed by atoms with Crippen molar-refractivity contribution in [3.63, 3.8) is 0 Å². The van der Waals surface area contributed by atoms with Crippen LogP contribution in [0.1, 0.15) is 35.5 Å². The lowest BCUT2D eigenvalue weighted by Gasteiger charge is -2.21. The minimum absolute atomic E-state index is 0.227. The van der Waals surface area contributed by atoms with E-state index in [0.29, 0.717) is 17.2 Å². The summed E-state index contributed by atoms with van der Waals surface area (Å²) in [5, 5.41) is 4.11. The van der Waals surface area contributed by atoms with E-state index in [4.69, 9.17) is 0 Å². The van der Waals surface area contributed by atoms with Crippen LogP contribution in [0.15, 0.2) is 36.4 Å². The fraction of sp³-hybridized carbons (Fsp3) is 0.263. The first kappa shape index (κ1) is 18.9. The molecule has 7 heteroatoms. The van der Waals surface area contributed by atoms with Crippen LogP contribution >= 0.6 is 22.6 Å². The number of rotatable bonds is 3. The first-order valence-corrected chi connectivity index (χ1v) is 9.12. The minimum atomic E-state index is -4.37. The average Bonchev–Trinajstić information content (AvgIpc) is 2.54. The highest BCUT2D eigenvalue weighted by Gasteiger charge is 2.33. The number of aromatic nitrogens is 2. The third-order valence-corrected chi connectivity index (χ3v) is 4.94. The molecule has 136 valence electrons. The number of nitrogens with one attached hydrogen (secondary N) is 1. The molecule has 2 aromatic carbocycles. The lowest BCUT2D eigenvalue weighted by atomic mass is 9.97. The molecule has 3 aromatic rings. The summed E-state index contributed by atoms with van der Waals surface area (Å²) >= 11 is 2.21. The molecule has 0 radical (unpaired) electrons. The van der Waals surface area contributed by atoms with Crippen molar-refractivity contribution in [1.29, 1.82) is 0 Å². The van der Waals surface area contributed by atoms with Crippen molar-refractivity contribution >= 4 is 39.3 Å². The summed E-state index contributed by atoms with van der Waals surface area (Å²) in [6, 6.07) is 9.75. The fourth-order valence-corrected chi connectivity index (χ4v) is 3.53. The molecular formula is C19H17F3IN3. The number of hydrogen-bond acceptors (Lipinski definition) is 3. The van der Waals surface area contributed by atoms with Crippen LogP contribution in [0.4, 0.5) is 19.0 Å². The first-order valence-electron chi connectivity index (χ1n) is 8.04. The molecule has 0 bridgehead atoms. The Morgan fingerprint density at radius 2 is 1.81 bits per heavy atom. The number of halogens is 4. The molecule has 0 saturated carbocycles. The SMILES string of the molecule is Cc1nc(NC(C)c2cccc(C(F)(F)F)c2C)c2cc(I)ccc2n1. The van der Waals surface area contributed by atoms with Gasteiger partial charge in [-0.15, -0.1) is 0 Å². The quantitative estimate of drug-likeness (QED) is 0.474. The number of fused-ring (bicyclic) bond motifs is 1. The summed E-state index contributed by atoms with van der Waals surface area (Å²) in [6.07, 6.45) is -4.37. The van der Waals surface area contributed by atoms with Gasteiger partial charge in [0.05, 0.1) is 17.1 Å². The summed E-state index contributed by atoms with van der Waals surface area (Å²) in [5.74, 6) is 1.23. The van der Waals surface area contributed by atoms with Gasteiger partial charge in [0, 0.05) is 8.96 Å². The zero-order chi connectivity index (χ0) is 19.1. The average molecular weight is 471 g/mol. The van der Waals surface area contributed by atoms with Crippen molar-refractivity contribution in [1.82, 2.24) is 9.97 Å². The standard InChI is InChI=1S/C19H17F3IN3/c1-10-14(5-4-6-16(10)19(20,21)22)11(2)24-18-15-9-13(23)7-8-17(15)25-12(3)26-18/h4-9,11H,1-3H3,(H,24,25,26). The van der Waals surface area contributed by atoms with Crippen LogP contribution in [0.25, 0.3) is 10.9 Å². The third-order valence-electron chi connectivity index (χ3n) is 4.27. The van der Waals surface area contributed by atoms with E-state index in [1.54, 1.807) is 13.0 Å². The number of benzene rings is 2. The fourth-order valence-electron chi connectivity index (χ4n) is 3.04. The van der Waals surface area contributed by atoms with Crippen molar-refractivity contribution in [3.8, 4) is 0 Å². The monoisotopic (exact) mass is 471 g/mol. The Balaban J connectivity index is 2.03. The van der Waals surface area contributed by atoms with Gasteiger partial charge in [0.15, 0.2) is 0 Å². The maximum Gasteiger partial charge on any atom is 0.416 e. The van der Waals surface area contributed by atoms with Gasteiger partial charge in [0.25, 0.3) is 0 Å². The topological polar surface area (TPSA) is 37.8 Å². The van der Waals surface area contributed by atoms with Crippen LogP contribution in [0.2, 0.25) is 0 Å². The van der Waals surface area contributed by atoms with E-state index in [1.807, 2.05) is 25.1 Å². The molecule has 0 amide bonds. The highest BCUT2D eigenvalue weighted by molar-refractivity contribution is 14.1. The molecular weight excluding hydrogens is 454 g/mol. The molecule has 0 aliphatic heterocycles. The second kappa shape index (κ2) is 7.02. The van der Waals surface area contributed by atoms with E-state index in [-0.39, 0.29) is 11.6 Å². The lowest BCUT2D eigenvalue weighted by Crippen LogP contribution is -2.14. The van der Waals surface area contributed by atoms with E-state index in [9.17, 15) is 13.2 Å². The number of anilines is 1. The highest BCUT2D eigenvalue weighted by atomic mass is 127. The number of hydrogen-bond donors (Lipinski definition) is 1. The molecule has 3 rings (SSSR count). The van der Waals surface area contributed by atoms with Gasteiger partial charge in [-0.3, -0.25) is 0 Å². The molecule has 1 N–H and O–H groups in total. The molecule has 1 heterocycles. The molecule has 1 atom stereocenters. The maximum atomic E-state index is 13.2. The van der Waals surface area contributed by atoms with Crippen LogP contribution in [-0.2, 0) is 6.18 Å². The van der Waals surface area contributed by atoms with Crippen LogP contribution in [-0.4, -0.2) is 9.97 Å². The number of aryl methyl sites for hydroxylation is 1. The molecule has 0 spiro atoms. The van der Waals surface area contributed by atoms with E-state index in [1.165, 1.54) is 13.0 Å². The molecule has 1 unspecified atom stereocenters. The molecule has 3 nitrogen and oxygen atoms in total. The Bertz CT molecular complexity index is 970. The first-order chi connectivity index (χ1) is 12.2. The van der Waals surface area contributed by atoms with Gasteiger partial charge in [-0.2, -0.15) is 13.2 Å². The zero-order valence-electron chi connectivity index (χ0n) is 14.4. The van der Waals surface area contributed by atoms with Crippen molar-refractivity contribution in [2.75, 3.05) is 5.32 Å². The summed E-state index contributed by atoms with van der Waals surface area (Å²) in [4.78, 5) is 8.88. The molecule has 1 aromatic heterocycles.